The van der Waals surface area contributed by atoms with Gasteiger partial charge < -0.3 is 29.0 Å². The number of nitrogens with one attached hydrogen (secondary N) is 1. The van der Waals surface area contributed by atoms with Gasteiger partial charge in [-0.25, -0.2) is 0 Å². The van der Waals surface area contributed by atoms with Crippen molar-refractivity contribution in [3.8, 4) is 28.7 Å². The van der Waals surface area contributed by atoms with E-state index in [-0.39, 0.29) is 5.91 Å². The number of anilines is 1. The molecule has 28 heavy (non-hydrogen) atoms. The van der Waals surface area contributed by atoms with Crippen LogP contribution in [0.15, 0.2) is 30.3 Å². The molecule has 0 saturated carbocycles. The topological polar surface area (TPSA) is 75.3 Å². The quantitative estimate of drug-likeness (QED) is 0.666. The van der Waals surface area contributed by atoms with Gasteiger partial charge in [-0.05, 0) is 12.1 Å². The van der Waals surface area contributed by atoms with Crippen LogP contribution >= 0.6 is 11.6 Å². The average molecular weight is 408 g/mol. The molecule has 0 radical (unpaired) electrons. The Hall–Kier alpha value is -3.06. The number of rotatable bonds is 8. The highest BCUT2D eigenvalue weighted by molar-refractivity contribution is 6.32. The minimum Gasteiger partial charge on any atom is -0.496 e. The fraction of sp³-hybridized carbons (Fsp3) is 0.250. The summed E-state index contributed by atoms with van der Waals surface area (Å²) in [6, 6.07) is 6.55. The first kappa shape index (κ1) is 21.2. The summed E-state index contributed by atoms with van der Waals surface area (Å²) < 4.78 is 26.3. The molecule has 0 aromatic heterocycles. The lowest BCUT2D eigenvalue weighted by Crippen LogP contribution is -2.09. The second-order valence-electron chi connectivity index (χ2n) is 5.46. The molecule has 0 saturated heterocycles. The van der Waals surface area contributed by atoms with Crippen LogP contribution in [0, 0.1) is 0 Å². The van der Waals surface area contributed by atoms with Gasteiger partial charge in [0.1, 0.15) is 17.2 Å². The molecule has 0 atom stereocenters. The van der Waals surface area contributed by atoms with Crippen molar-refractivity contribution in [1.82, 2.24) is 0 Å². The molecule has 2 aromatic rings. The predicted molar refractivity (Wildman–Crippen MR) is 108 cm³/mol. The highest BCUT2D eigenvalue weighted by Crippen LogP contribution is 2.37. The summed E-state index contributed by atoms with van der Waals surface area (Å²) in [7, 11) is 7.57. The van der Waals surface area contributed by atoms with Crippen LogP contribution in [0.3, 0.4) is 0 Å². The average Bonchev–Trinajstić information content (AvgIpc) is 2.72. The molecule has 0 fully saturated rings. The second kappa shape index (κ2) is 9.75. The van der Waals surface area contributed by atoms with Crippen molar-refractivity contribution in [2.75, 3.05) is 40.9 Å². The zero-order chi connectivity index (χ0) is 20.7. The molecule has 0 heterocycles. The number of hydrogen-bond acceptors (Lipinski definition) is 6. The molecule has 0 aliphatic carbocycles. The highest BCUT2D eigenvalue weighted by atomic mass is 35.5. The van der Waals surface area contributed by atoms with E-state index in [0.29, 0.717) is 45.0 Å². The van der Waals surface area contributed by atoms with Gasteiger partial charge in [0.25, 0.3) is 0 Å². The number of carbonyl (C=O) groups is 1. The third kappa shape index (κ3) is 4.80. The van der Waals surface area contributed by atoms with Crippen molar-refractivity contribution in [1.29, 1.82) is 0 Å². The van der Waals surface area contributed by atoms with E-state index in [4.69, 9.17) is 35.3 Å². The second-order valence-corrected chi connectivity index (χ2v) is 5.87. The van der Waals surface area contributed by atoms with Crippen molar-refractivity contribution in [2.24, 2.45) is 0 Å². The zero-order valence-corrected chi connectivity index (χ0v) is 17.0. The molecule has 7 nitrogen and oxygen atoms in total. The van der Waals surface area contributed by atoms with Crippen LogP contribution in [0.4, 0.5) is 5.69 Å². The van der Waals surface area contributed by atoms with Gasteiger partial charge in [-0.1, -0.05) is 11.6 Å². The maximum atomic E-state index is 12.4. The number of methoxy groups -OCH3 is 5. The molecule has 0 bridgehead atoms. The van der Waals surface area contributed by atoms with Gasteiger partial charge in [0.05, 0.1) is 46.3 Å². The number of hydrogen-bond donors (Lipinski definition) is 1. The molecule has 0 aliphatic heterocycles. The summed E-state index contributed by atoms with van der Waals surface area (Å²) in [4.78, 5) is 12.4. The third-order valence-electron chi connectivity index (χ3n) is 3.88. The SMILES string of the molecule is COc1cc(NC(=O)/C=C/c2cc(OC)c(OC)cc2OC)c(OC)cc1Cl. The smallest absolute Gasteiger partial charge is 0.248 e. The summed E-state index contributed by atoms with van der Waals surface area (Å²) in [6.07, 6.45) is 2.97. The molecular weight excluding hydrogens is 386 g/mol. The fourth-order valence-corrected chi connectivity index (χ4v) is 2.71. The Morgan fingerprint density at radius 3 is 1.93 bits per heavy atom. The number of carbonyl (C=O) groups excluding carboxylic acids is 1. The summed E-state index contributed by atoms with van der Waals surface area (Å²) in [5.74, 6) is 2.04. The van der Waals surface area contributed by atoms with E-state index in [1.807, 2.05) is 0 Å². The Labute approximate surface area is 168 Å². The monoisotopic (exact) mass is 407 g/mol. The van der Waals surface area contributed by atoms with Gasteiger partial charge in [0.2, 0.25) is 5.91 Å². The summed E-state index contributed by atoms with van der Waals surface area (Å²) in [6.45, 7) is 0. The number of benzene rings is 2. The van der Waals surface area contributed by atoms with Crippen molar-refractivity contribution in [2.45, 2.75) is 0 Å². The number of halogens is 1. The Balaban J connectivity index is 2.27. The largest absolute Gasteiger partial charge is 0.496 e. The lowest BCUT2D eigenvalue weighted by Gasteiger charge is -2.13. The molecule has 1 amide bonds. The van der Waals surface area contributed by atoms with Gasteiger partial charge in [-0.15, -0.1) is 0 Å². The van der Waals surface area contributed by atoms with Crippen molar-refractivity contribution >= 4 is 29.3 Å². The number of ether oxygens (including phenoxy) is 5. The highest BCUT2D eigenvalue weighted by Gasteiger charge is 2.13. The Morgan fingerprint density at radius 2 is 1.36 bits per heavy atom. The maximum Gasteiger partial charge on any atom is 0.248 e. The van der Waals surface area contributed by atoms with Crippen LogP contribution < -0.4 is 29.0 Å². The van der Waals surface area contributed by atoms with Gasteiger partial charge in [0.15, 0.2) is 11.5 Å². The molecule has 1 N–H and O–H groups in total. The van der Waals surface area contributed by atoms with E-state index in [2.05, 4.69) is 5.32 Å². The molecule has 2 aromatic carbocycles. The van der Waals surface area contributed by atoms with E-state index in [1.54, 1.807) is 30.3 Å². The van der Waals surface area contributed by atoms with Crippen molar-refractivity contribution in [3.05, 3.63) is 40.9 Å². The zero-order valence-electron chi connectivity index (χ0n) is 16.3. The first-order valence-electron chi connectivity index (χ1n) is 8.18. The third-order valence-corrected chi connectivity index (χ3v) is 4.18. The standard InChI is InChI=1S/C20H22ClNO6/c1-24-15-11-19(28-5)18(27-4)8-12(15)6-7-20(23)22-14-10-16(25-2)13(21)9-17(14)26-3/h6-11H,1-5H3,(H,22,23)/b7-6+. The molecule has 2 rings (SSSR count). The van der Waals surface area contributed by atoms with Crippen LogP contribution in [-0.4, -0.2) is 41.5 Å². The first-order chi connectivity index (χ1) is 13.5. The Kier molecular flexibility index (Phi) is 7.40. The van der Waals surface area contributed by atoms with Crippen LogP contribution in [0.25, 0.3) is 6.08 Å². The van der Waals surface area contributed by atoms with Crippen molar-refractivity contribution < 1.29 is 28.5 Å². The minimum atomic E-state index is -0.375. The van der Waals surface area contributed by atoms with Gasteiger partial charge in [-0.2, -0.15) is 0 Å². The van der Waals surface area contributed by atoms with Crippen LogP contribution in [0.5, 0.6) is 28.7 Å². The van der Waals surface area contributed by atoms with Gasteiger partial charge in [0, 0.05) is 29.8 Å². The van der Waals surface area contributed by atoms with Crippen LogP contribution in [0.2, 0.25) is 5.02 Å². The normalized spacial score (nSPS) is 10.5. The van der Waals surface area contributed by atoms with E-state index < -0.39 is 0 Å². The molecular formula is C20H22ClNO6. The predicted octanol–water partition coefficient (Wildman–Crippen LogP) is 4.03. The van der Waals surface area contributed by atoms with Gasteiger partial charge >= 0.3 is 0 Å². The maximum absolute atomic E-state index is 12.4. The fourth-order valence-electron chi connectivity index (χ4n) is 2.48. The summed E-state index contributed by atoms with van der Waals surface area (Å²) in [5.41, 5.74) is 1.08. The van der Waals surface area contributed by atoms with Gasteiger partial charge in [-0.3, -0.25) is 4.79 Å². The summed E-state index contributed by atoms with van der Waals surface area (Å²) >= 11 is 6.08. The molecule has 150 valence electrons. The molecule has 0 spiro atoms. The van der Waals surface area contributed by atoms with Crippen LogP contribution in [-0.2, 0) is 4.79 Å². The lowest BCUT2D eigenvalue weighted by molar-refractivity contribution is -0.111. The van der Waals surface area contributed by atoms with E-state index in [9.17, 15) is 4.79 Å². The van der Waals surface area contributed by atoms with E-state index >= 15 is 0 Å². The lowest BCUT2D eigenvalue weighted by atomic mass is 10.1. The van der Waals surface area contributed by atoms with Crippen molar-refractivity contribution in [3.63, 3.8) is 0 Å². The Bertz CT molecular complexity index is 881. The van der Waals surface area contributed by atoms with E-state index in [0.717, 1.165) is 0 Å². The molecule has 0 aliphatic rings. The minimum absolute atomic E-state index is 0.375. The number of amides is 1. The summed E-state index contributed by atoms with van der Waals surface area (Å²) in [5, 5.41) is 3.11. The molecule has 8 heteroatoms. The first-order valence-corrected chi connectivity index (χ1v) is 8.55. The van der Waals surface area contributed by atoms with Crippen LogP contribution in [0.1, 0.15) is 5.56 Å². The molecule has 0 unspecified atom stereocenters. The Morgan fingerprint density at radius 1 is 0.786 bits per heavy atom. The van der Waals surface area contributed by atoms with E-state index in [1.165, 1.54) is 41.6 Å².